The lowest BCUT2D eigenvalue weighted by Gasteiger charge is -2.09. The van der Waals surface area contributed by atoms with Gasteiger partial charge in [-0.25, -0.2) is 9.38 Å². The van der Waals surface area contributed by atoms with Crippen LogP contribution in [-0.4, -0.2) is 26.7 Å². The van der Waals surface area contributed by atoms with Crippen LogP contribution >= 0.6 is 15.9 Å². The molecule has 2 rings (SSSR count). The third-order valence-corrected chi connectivity index (χ3v) is 4.19. The van der Waals surface area contributed by atoms with E-state index >= 15 is 0 Å². The molecule has 2 aromatic rings. The van der Waals surface area contributed by atoms with Crippen LogP contribution in [0.15, 0.2) is 45.9 Å². The number of hydrogen-bond donors (Lipinski definition) is 2. The van der Waals surface area contributed by atoms with Crippen LogP contribution in [0.5, 0.6) is 11.5 Å². The molecule has 0 aliphatic heterocycles. The van der Waals surface area contributed by atoms with Crippen molar-refractivity contribution in [3.05, 3.63) is 57.8 Å². The van der Waals surface area contributed by atoms with Gasteiger partial charge in [0, 0.05) is 6.54 Å². The van der Waals surface area contributed by atoms with E-state index in [2.05, 4.69) is 26.2 Å². The SMILES string of the molecule is COc1ccc(CN=C(N)NCCc2ccc(F)c(Br)c2)cc1OC. The first-order valence-corrected chi connectivity index (χ1v) is 8.51. The van der Waals surface area contributed by atoms with Crippen LogP contribution in [0, 0.1) is 5.82 Å². The van der Waals surface area contributed by atoms with Gasteiger partial charge in [0.2, 0.25) is 0 Å². The highest BCUT2D eigenvalue weighted by Crippen LogP contribution is 2.27. The van der Waals surface area contributed by atoms with E-state index in [0.717, 1.165) is 11.1 Å². The van der Waals surface area contributed by atoms with Gasteiger partial charge in [-0.15, -0.1) is 0 Å². The van der Waals surface area contributed by atoms with Crippen LogP contribution in [-0.2, 0) is 13.0 Å². The quantitative estimate of drug-likeness (QED) is 0.543. The third-order valence-electron chi connectivity index (χ3n) is 3.58. The summed E-state index contributed by atoms with van der Waals surface area (Å²) in [6.45, 7) is 1.04. The second-order valence-corrected chi connectivity index (χ2v) is 6.17. The summed E-state index contributed by atoms with van der Waals surface area (Å²) in [6.07, 6.45) is 0.714. The second-order valence-electron chi connectivity index (χ2n) is 5.32. The van der Waals surface area contributed by atoms with Crippen molar-refractivity contribution in [3.8, 4) is 11.5 Å². The van der Waals surface area contributed by atoms with Gasteiger partial charge in [-0.3, -0.25) is 0 Å². The standard InChI is InChI=1S/C18H21BrFN3O2/c1-24-16-6-4-13(10-17(16)25-2)11-23-18(21)22-8-7-12-3-5-15(20)14(19)9-12/h3-6,9-10H,7-8,11H2,1-2H3,(H3,21,22,23). The summed E-state index contributed by atoms with van der Waals surface area (Å²) >= 11 is 3.18. The molecule has 0 unspecified atom stereocenters. The van der Waals surface area contributed by atoms with E-state index in [0.29, 0.717) is 41.4 Å². The number of guanidine groups is 1. The first kappa shape index (κ1) is 19.1. The van der Waals surface area contributed by atoms with E-state index in [1.165, 1.54) is 6.07 Å². The average Bonchev–Trinajstić information content (AvgIpc) is 2.62. The van der Waals surface area contributed by atoms with Gasteiger partial charge in [-0.2, -0.15) is 0 Å². The van der Waals surface area contributed by atoms with Crippen LogP contribution in [0.2, 0.25) is 0 Å². The van der Waals surface area contributed by atoms with Crippen molar-refractivity contribution in [2.45, 2.75) is 13.0 Å². The fourth-order valence-electron chi connectivity index (χ4n) is 2.24. The van der Waals surface area contributed by atoms with E-state index < -0.39 is 0 Å². The zero-order chi connectivity index (χ0) is 18.2. The lowest BCUT2D eigenvalue weighted by atomic mass is 10.1. The molecule has 7 heteroatoms. The number of methoxy groups -OCH3 is 2. The number of rotatable bonds is 7. The molecule has 0 amide bonds. The molecule has 2 aromatic carbocycles. The molecule has 0 saturated carbocycles. The first-order valence-electron chi connectivity index (χ1n) is 7.72. The lowest BCUT2D eigenvalue weighted by Crippen LogP contribution is -2.33. The van der Waals surface area contributed by atoms with Crippen molar-refractivity contribution < 1.29 is 13.9 Å². The third kappa shape index (κ3) is 5.63. The molecule has 25 heavy (non-hydrogen) atoms. The molecule has 0 heterocycles. The van der Waals surface area contributed by atoms with E-state index in [-0.39, 0.29) is 5.82 Å². The minimum absolute atomic E-state index is 0.271. The number of nitrogens with one attached hydrogen (secondary N) is 1. The smallest absolute Gasteiger partial charge is 0.188 e. The maximum atomic E-state index is 13.2. The Kier molecular flexibility index (Phi) is 7.06. The van der Waals surface area contributed by atoms with Crippen molar-refractivity contribution in [1.82, 2.24) is 5.32 Å². The number of hydrogen-bond acceptors (Lipinski definition) is 3. The van der Waals surface area contributed by atoms with E-state index in [1.54, 1.807) is 26.4 Å². The molecule has 0 spiro atoms. The van der Waals surface area contributed by atoms with Gasteiger partial charge in [0.05, 0.1) is 25.2 Å². The van der Waals surface area contributed by atoms with Crippen LogP contribution in [0.1, 0.15) is 11.1 Å². The normalized spacial score (nSPS) is 11.3. The number of halogens is 2. The second kappa shape index (κ2) is 9.27. The molecule has 0 radical (unpaired) electrons. The largest absolute Gasteiger partial charge is 0.493 e. The van der Waals surface area contributed by atoms with Gasteiger partial charge in [0.1, 0.15) is 5.82 Å². The van der Waals surface area contributed by atoms with Gasteiger partial charge in [0.15, 0.2) is 17.5 Å². The summed E-state index contributed by atoms with van der Waals surface area (Å²) in [5.41, 5.74) is 7.85. The Hall–Kier alpha value is -2.28. The molecule has 0 bridgehead atoms. The van der Waals surface area contributed by atoms with Gasteiger partial charge in [-0.1, -0.05) is 12.1 Å². The molecule has 0 atom stereocenters. The molecule has 0 aliphatic rings. The molecule has 0 saturated heterocycles. The molecule has 3 N–H and O–H groups in total. The van der Waals surface area contributed by atoms with Crippen molar-refractivity contribution in [1.29, 1.82) is 0 Å². The van der Waals surface area contributed by atoms with Gasteiger partial charge in [-0.05, 0) is 57.7 Å². The van der Waals surface area contributed by atoms with Crippen LogP contribution in [0.25, 0.3) is 0 Å². The average molecular weight is 410 g/mol. The summed E-state index contributed by atoms with van der Waals surface area (Å²) in [6, 6.07) is 10.6. The number of nitrogens with zero attached hydrogens (tertiary/aromatic N) is 1. The molecule has 0 fully saturated rings. The first-order chi connectivity index (χ1) is 12.0. The molecular weight excluding hydrogens is 389 g/mol. The van der Waals surface area contributed by atoms with Crippen LogP contribution in [0.3, 0.4) is 0 Å². The van der Waals surface area contributed by atoms with Crippen LogP contribution < -0.4 is 20.5 Å². The van der Waals surface area contributed by atoms with Crippen molar-refractivity contribution in [2.75, 3.05) is 20.8 Å². The van der Waals surface area contributed by atoms with E-state index in [4.69, 9.17) is 15.2 Å². The minimum atomic E-state index is -0.271. The Morgan fingerprint density at radius 1 is 1.12 bits per heavy atom. The Balaban J connectivity index is 1.86. The molecule has 0 aliphatic carbocycles. The number of ether oxygens (including phenoxy) is 2. The lowest BCUT2D eigenvalue weighted by molar-refractivity contribution is 0.354. The number of benzene rings is 2. The number of aliphatic imine (C=N–C) groups is 1. The fourth-order valence-corrected chi connectivity index (χ4v) is 2.67. The predicted molar refractivity (Wildman–Crippen MR) is 101 cm³/mol. The van der Waals surface area contributed by atoms with Crippen molar-refractivity contribution in [3.63, 3.8) is 0 Å². The van der Waals surface area contributed by atoms with Gasteiger partial charge >= 0.3 is 0 Å². The summed E-state index contributed by atoms with van der Waals surface area (Å²) in [4.78, 5) is 4.31. The Labute approximate surface area is 155 Å². The monoisotopic (exact) mass is 409 g/mol. The van der Waals surface area contributed by atoms with E-state index in [1.807, 2.05) is 18.2 Å². The highest BCUT2D eigenvalue weighted by Gasteiger charge is 2.04. The van der Waals surface area contributed by atoms with Gasteiger partial charge in [0.25, 0.3) is 0 Å². The van der Waals surface area contributed by atoms with E-state index in [9.17, 15) is 4.39 Å². The number of nitrogens with two attached hydrogens (primary N) is 1. The van der Waals surface area contributed by atoms with Crippen molar-refractivity contribution >= 4 is 21.9 Å². The summed E-state index contributed by atoms with van der Waals surface area (Å²) in [5, 5.41) is 3.05. The Morgan fingerprint density at radius 2 is 1.84 bits per heavy atom. The Bertz CT molecular complexity index is 753. The molecule has 0 aromatic heterocycles. The van der Waals surface area contributed by atoms with Gasteiger partial charge < -0.3 is 20.5 Å². The maximum Gasteiger partial charge on any atom is 0.188 e. The summed E-state index contributed by atoms with van der Waals surface area (Å²) in [5.74, 6) is 1.42. The molecule has 5 nitrogen and oxygen atoms in total. The van der Waals surface area contributed by atoms with Crippen molar-refractivity contribution in [2.24, 2.45) is 10.7 Å². The highest BCUT2D eigenvalue weighted by atomic mass is 79.9. The topological polar surface area (TPSA) is 68.9 Å². The molecule has 134 valence electrons. The maximum absolute atomic E-state index is 13.2. The summed E-state index contributed by atoms with van der Waals surface area (Å²) in [7, 11) is 3.19. The predicted octanol–water partition coefficient (Wildman–Crippen LogP) is 3.25. The minimum Gasteiger partial charge on any atom is -0.493 e. The Morgan fingerprint density at radius 3 is 2.52 bits per heavy atom. The summed E-state index contributed by atoms with van der Waals surface area (Å²) < 4.78 is 24.1. The molecular formula is C18H21BrFN3O2. The zero-order valence-corrected chi connectivity index (χ0v) is 15.8. The zero-order valence-electron chi connectivity index (χ0n) is 14.2. The highest BCUT2D eigenvalue weighted by molar-refractivity contribution is 9.10. The van der Waals surface area contributed by atoms with Crippen LogP contribution in [0.4, 0.5) is 4.39 Å². The fraction of sp³-hybridized carbons (Fsp3) is 0.278.